The highest BCUT2D eigenvalue weighted by Gasteiger charge is 2.18. The van der Waals surface area contributed by atoms with Gasteiger partial charge in [-0.05, 0) is 109 Å². The van der Waals surface area contributed by atoms with E-state index in [2.05, 4.69) is 98.1 Å². The third-order valence-corrected chi connectivity index (χ3v) is 8.48. The summed E-state index contributed by atoms with van der Waals surface area (Å²) in [5.41, 5.74) is 10.0. The zero-order valence-corrected chi connectivity index (χ0v) is 23.8. The van der Waals surface area contributed by atoms with Crippen LogP contribution in [-0.4, -0.2) is 30.0 Å². The molecular formula is C36H31N7. The molecule has 1 aliphatic carbocycles. The molecule has 1 fully saturated rings. The van der Waals surface area contributed by atoms with Crippen LogP contribution in [0, 0.1) is 0 Å². The molecule has 0 spiro atoms. The molecule has 2 heterocycles. The van der Waals surface area contributed by atoms with Crippen molar-refractivity contribution in [3.8, 4) is 11.4 Å². The number of benzene rings is 5. The van der Waals surface area contributed by atoms with Gasteiger partial charge in [-0.1, -0.05) is 55.7 Å². The second-order valence-electron chi connectivity index (χ2n) is 11.3. The molecule has 0 amide bonds. The fraction of sp³-hybridized carbons (Fsp3) is 0.167. The van der Waals surface area contributed by atoms with Gasteiger partial charge in [-0.2, -0.15) is 9.59 Å². The lowest BCUT2D eigenvalue weighted by Crippen LogP contribution is -2.11. The van der Waals surface area contributed by atoms with Crippen molar-refractivity contribution in [2.45, 2.75) is 38.0 Å². The fourth-order valence-electron chi connectivity index (χ4n) is 6.20. The summed E-state index contributed by atoms with van der Waals surface area (Å²) in [6.07, 6.45) is 6.61. The van der Waals surface area contributed by atoms with Crippen LogP contribution < -0.4 is 4.90 Å². The standard InChI is InChI=1S/C36H31N7/c1-2-8-26(9-3-1)27-14-16-28(17-15-27)41(29-18-22-31(23-19-29)42-37-33-10-4-5-11-34(33)38-42)30-20-24-32(25-21-30)43-39-35-12-6-7-13-36(35)40-43/h4-7,10-26H,1-3,8-9H2. The van der Waals surface area contributed by atoms with Crippen LogP contribution in [0.15, 0.2) is 121 Å². The highest BCUT2D eigenvalue weighted by molar-refractivity contribution is 5.78. The number of fused-ring (bicyclic) bond motifs is 2. The van der Waals surface area contributed by atoms with Gasteiger partial charge in [0.05, 0.1) is 11.4 Å². The summed E-state index contributed by atoms with van der Waals surface area (Å²) < 4.78 is 0. The maximum absolute atomic E-state index is 4.66. The number of nitrogens with zero attached hydrogens (tertiary/aromatic N) is 7. The van der Waals surface area contributed by atoms with Crippen LogP contribution >= 0.6 is 0 Å². The van der Waals surface area contributed by atoms with Gasteiger partial charge in [0.1, 0.15) is 22.1 Å². The number of hydrogen-bond acceptors (Lipinski definition) is 5. The molecule has 7 nitrogen and oxygen atoms in total. The Labute approximate surface area is 250 Å². The first-order valence-electron chi connectivity index (χ1n) is 15.0. The van der Waals surface area contributed by atoms with E-state index < -0.39 is 0 Å². The predicted molar refractivity (Wildman–Crippen MR) is 172 cm³/mol. The molecule has 5 aromatic carbocycles. The minimum absolute atomic E-state index is 0.670. The van der Waals surface area contributed by atoms with Crippen LogP contribution in [-0.2, 0) is 0 Å². The average Bonchev–Trinajstić information content (AvgIpc) is 3.71. The number of aromatic nitrogens is 6. The van der Waals surface area contributed by atoms with Crippen molar-refractivity contribution in [1.82, 2.24) is 30.0 Å². The summed E-state index contributed by atoms with van der Waals surface area (Å²) in [5, 5.41) is 18.6. The van der Waals surface area contributed by atoms with Crippen molar-refractivity contribution in [2.75, 3.05) is 4.90 Å². The second-order valence-corrected chi connectivity index (χ2v) is 11.3. The molecule has 210 valence electrons. The van der Waals surface area contributed by atoms with Gasteiger partial charge < -0.3 is 4.90 Å². The molecule has 0 unspecified atom stereocenters. The minimum atomic E-state index is 0.670. The summed E-state index contributed by atoms with van der Waals surface area (Å²) in [5.74, 6) is 0.670. The minimum Gasteiger partial charge on any atom is -0.311 e. The van der Waals surface area contributed by atoms with Crippen LogP contribution in [0.3, 0.4) is 0 Å². The van der Waals surface area contributed by atoms with E-state index in [0.29, 0.717) is 5.92 Å². The first-order chi connectivity index (χ1) is 21.3. The average molecular weight is 562 g/mol. The number of rotatable bonds is 6. The topological polar surface area (TPSA) is 64.7 Å². The van der Waals surface area contributed by atoms with Gasteiger partial charge in [0.15, 0.2) is 0 Å². The summed E-state index contributed by atoms with van der Waals surface area (Å²) >= 11 is 0. The zero-order chi connectivity index (χ0) is 28.6. The lowest BCUT2D eigenvalue weighted by molar-refractivity contribution is 0.443. The van der Waals surface area contributed by atoms with Gasteiger partial charge in [-0.15, -0.1) is 20.4 Å². The van der Waals surface area contributed by atoms with E-state index in [1.165, 1.54) is 37.7 Å². The van der Waals surface area contributed by atoms with E-state index in [1.54, 1.807) is 9.59 Å². The van der Waals surface area contributed by atoms with E-state index in [4.69, 9.17) is 0 Å². The number of hydrogen-bond donors (Lipinski definition) is 0. The Bertz CT molecular complexity index is 1810. The Kier molecular flexibility index (Phi) is 6.40. The highest BCUT2D eigenvalue weighted by Crippen LogP contribution is 2.38. The van der Waals surface area contributed by atoms with Gasteiger partial charge in [-0.25, -0.2) is 0 Å². The highest BCUT2D eigenvalue weighted by atomic mass is 15.5. The fourth-order valence-corrected chi connectivity index (χ4v) is 6.20. The van der Waals surface area contributed by atoms with Gasteiger partial charge in [0.25, 0.3) is 0 Å². The van der Waals surface area contributed by atoms with Crippen molar-refractivity contribution in [2.24, 2.45) is 0 Å². The molecule has 0 saturated heterocycles. The molecule has 7 heteroatoms. The Morgan fingerprint density at radius 3 is 1.21 bits per heavy atom. The Balaban J connectivity index is 1.15. The summed E-state index contributed by atoms with van der Waals surface area (Å²) in [4.78, 5) is 5.69. The smallest absolute Gasteiger partial charge is 0.113 e. The Morgan fingerprint density at radius 2 is 0.814 bits per heavy atom. The van der Waals surface area contributed by atoms with Crippen LogP contribution in [0.4, 0.5) is 17.1 Å². The molecule has 0 bridgehead atoms. The predicted octanol–water partition coefficient (Wildman–Crippen LogP) is 8.67. The summed E-state index contributed by atoms with van der Waals surface area (Å²) in [6, 6.07) is 41.9. The molecule has 2 aromatic heterocycles. The van der Waals surface area contributed by atoms with E-state index in [1.807, 2.05) is 48.5 Å². The molecular weight excluding hydrogens is 530 g/mol. The lowest BCUT2D eigenvalue weighted by Gasteiger charge is -2.27. The molecule has 1 saturated carbocycles. The normalized spacial score (nSPS) is 14.0. The monoisotopic (exact) mass is 561 g/mol. The van der Waals surface area contributed by atoms with Crippen molar-refractivity contribution in [1.29, 1.82) is 0 Å². The SMILES string of the molecule is c1ccc2nn(-c3ccc(N(c4ccc(C5CCCCC5)cc4)c4ccc(-n5nc6ccccc6n5)cc4)cc3)nc2c1. The van der Waals surface area contributed by atoms with E-state index in [-0.39, 0.29) is 0 Å². The van der Waals surface area contributed by atoms with Gasteiger partial charge >= 0.3 is 0 Å². The van der Waals surface area contributed by atoms with E-state index in [0.717, 1.165) is 50.5 Å². The second kappa shape index (κ2) is 10.8. The first kappa shape index (κ1) is 25.4. The molecule has 0 atom stereocenters. The van der Waals surface area contributed by atoms with E-state index >= 15 is 0 Å². The van der Waals surface area contributed by atoms with E-state index in [9.17, 15) is 0 Å². The molecule has 43 heavy (non-hydrogen) atoms. The zero-order valence-electron chi connectivity index (χ0n) is 23.8. The largest absolute Gasteiger partial charge is 0.311 e. The lowest BCUT2D eigenvalue weighted by atomic mass is 9.84. The van der Waals surface area contributed by atoms with Gasteiger partial charge in [-0.3, -0.25) is 0 Å². The third kappa shape index (κ3) is 4.93. The number of anilines is 3. The van der Waals surface area contributed by atoms with Crippen molar-refractivity contribution >= 4 is 39.1 Å². The van der Waals surface area contributed by atoms with Crippen molar-refractivity contribution < 1.29 is 0 Å². The molecule has 0 N–H and O–H groups in total. The Morgan fingerprint density at radius 1 is 0.442 bits per heavy atom. The first-order valence-corrected chi connectivity index (χ1v) is 15.0. The maximum Gasteiger partial charge on any atom is 0.113 e. The molecule has 1 aliphatic rings. The quantitative estimate of drug-likeness (QED) is 0.203. The van der Waals surface area contributed by atoms with Crippen LogP contribution in [0.2, 0.25) is 0 Å². The van der Waals surface area contributed by atoms with Crippen LogP contribution in [0.5, 0.6) is 0 Å². The molecule has 7 aromatic rings. The Hall–Kier alpha value is -5.30. The van der Waals surface area contributed by atoms with Gasteiger partial charge in [0.2, 0.25) is 0 Å². The molecule has 8 rings (SSSR count). The maximum atomic E-state index is 4.66. The summed E-state index contributed by atoms with van der Waals surface area (Å²) in [6.45, 7) is 0. The van der Waals surface area contributed by atoms with Crippen molar-refractivity contribution in [3.05, 3.63) is 127 Å². The van der Waals surface area contributed by atoms with Gasteiger partial charge in [0, 0.05) is 17.1 Å². The van der Waals surface area contributed by atoms with Crippen LogP contribution in [0.1, 0.15) is 43.6 Å². The third-order valence-electron chi connectivity index (χ3n) is 8.48. The van der Waals surface area contributed by atoms with Crippen LogP contribution in [0.25, 0.3) is 33.4 Å². The molecule has 0 aliphatic heterocycles. The summed E-state index contributed by atoms with van der Waals surface area (Å²) in [7, 11) is 0. The molecule has 0 radical (unpaired) electrons. The van der Waals surface area contributed by atoms with Crippen molar-refractivity contribution in [3.63, 3.8) is 0 Å².